The first-order chi connectivity index (χ1) is 8.13. The molecule has 0 heterocycles. The van der Waals surface area contributed by atoms with Gasteiger partial charge in [0.25, 0.3) is 0 Å². The molecule has 0 bridgehead atoms. The number of ether oxygens (including phenoxy) is 1. The van der Waals surface area contributed by atoms with Gasteiger partial charge in [-0.1, -0.05) is 6.07 Å². The molecule has 0 aliphatic carbocycles. The minimum atomic E-state index is -1.21. The van der Waals surface area contributed by atoms with Crippen LogP contribution in [0.3, 0.4) is 0 Å². The fraction of sp³-hybridized carbons (Fsp3) is 0.417. The number of nitrogens with zero attached hydrogens (tertiary/aromatic N) is 1. The largest absolute Gasteiger partial charge is 0.496 e. The predicted molar refractivity (Wildman–Crippen MR) is 60.1 cm³/mol. The van der Waals surface area contributed by atoms with Gasteiger partial charge in [0.15, 0.2) is 0 Å². The normalized spacial score (nSPS) is 13.8. The smallest absolute Gasteiger partial charge is 0.124 e. The van der Waals surface area contributed by atoms with Gasteiger partial charge in [-0.15, -0.1) is 0 Å². The molecule has 5 heteroatoms. The molecule has 1 aromatic carbocycles. The van der Waals surface area contributed by atoms with E-state index in [-0.39, 0.29) is 13.0 Å². The third-order valence-corrected chi connectivity index (χ3v) is 2.46. The third-order valence-electron chi connectivity index (χ3n) is 2.46. The second kappa shape index (κ2) is 6.21. The number of aliphatic hydroxyl groups excluding tert-OH is 3. The van der Waals surface area contributed by atoms with Gasteiger partial charge in [0.05, 0.1) is 32.3 Å². The first kappa shape index (κ1) is 13.5. The van der Waals surface area contributed by atoms with E-state index in [1.165, 1.54) is 7.11 Å². The Morgan fingerprint density at radius 3 is 2.65 bits per heavy atom. The number of benzene rings is 1. The van der Waals surface area contributed by atoms with Gasteiger partial charge in [-0.2, -0.15) is 5.26 Å². The highest BCUT2D eigenvalue weighted by atomic mass is 16.5. The molecule has 1 aromatic rings. The summed E-state index contributed by atoms with van der Waals surface area (Å²) < 4.78 is 5.06. The fourth-order valence-corrected chi connectivity index (χ4v) is 1.53. The number of hydrogen-bond donors (Lipinski definition) is 3. The summed E-state index contributed by atoms with van der Waals surface area (Å²) in [5, 5.41) is 36.9. The second-order valence-electron chi connectivity index (χ2n) is 3.61. The van der Waals surface area contributed by atoms with Gasteiger partial charge in [0.1, 0.15) is 11.9 Å². The van der Waals surface area contributed by atoms with Crippen LogP contribution in [0.4, 0.5) is 0 Å². The van der Waals surface area contributed by atoms with E-state index in [9.17, 15) is 10.2 Å². The first-order valence-corrected chi connectivity index (χ1v) is 5.14. The highest BCUT2D eigenvalue weighted by molar-refractivity contribution is 5.39. The van der Waals surface area contributed by atoms with Crippen LogP contribution in [0.5, 0.6) is 5.75 Å². The molecule has 0 saturated heterocycles. The van der Waals surface area contributed by atoms with Crippen LogP contribution in [-0.2, 0) is 6.61 Å². The predicted octanol–water partition coefficient (Wildman–Crippen LogP) is 0.495. The minimum absolute atomic E-state index is 0.169. The summed E-state index contributed by atoms with van der Waals surface area (Å²) in [6.07, 6.45) is -2.56. The van der Waals surface area contributed by atoms with Crippen LogP contribution in [0, 0.1) is 11.3 Å². The Balaban J connectivity index is 3.05. The van der Waals surface area contributed by atoms with Gasteiger partial charge in [0, 0.05) is 5.56 Å². The summed E-state index contributed by atoms with van der Waals surface area (Å²) in [5.41, 5.74) is 0.964. The molecule has 0 aromatic heterocycles. The van der Waals surface area contributed by atoms with Crippen LogP contribution in [-0.4, -0.2) is 28.5 Å². The summed E-state index contributed by atoms with van der Waals surface area (Å²) >= 11 is 0. The van der Waals surface area contributed by atoms with Gasteiger partial charge in [0.2, 0.25) is 0 Å². The van der Waals surface area contributed by atoms with Crippen LogP contribution in [0.15, 0.2) is 18.2 Å². The van der Waals surface area contributed by atoms with E-state index in [2.05, 4.69) is 0 Å². The lowest BCUT2D eigenvalue weighted by Gasteiger charge is -2.19. The zero-order valence-electron chi connectivity index (χ0n) is 9.50. The lowest BCUT2D eigenvalue weighted by Crippen LogP contribution is -2.18. The number of methoxy groups -OCH3 is 1. The van der Waals surface area contributed by atoms with Crippen LogP contribution >= 0.6 is 0 Å². The Hall–Kier alpha value is -1.61. The Bertz CT molecular complexity index is 413. The molecule has 92 valence electrons. The van der Waals surface area contributed by atoms with E-state index >= 15 is 0 Å². The lowest BCUT2D eigenvalue weighted by atomic mass is 9.99. The van der Waals surface area contributed by atoms with Crippen LogP contribution < -0.4 is 4.74 Å². The molecule has 5 nitrogen and oxygen atoms in total. The average Bonchev–Trinajstić information content (AvgIpc) is 2.37. The standard InChI is InChI=1S/C12H15NO4/c1-17-11-3-2-8(7-14)6-9(11)12(16)10(15)4-5-13/h2-3,6,10,12,14-16H,4,7H2,1H3. The lowest BCUT2D eigenvalue weighted by molar-refractivity contribution is 0.0201. The Morgan fingerprint density at radius 1 is 1.41 bits per heavy atom. The quantitative estimate of drug-likeness (QED) is 0.693. The Labute approximate surface area is 99.5 Å². The molecule has 0 radical (unpaired) electrons. The molecule has 0 aliphatic heterocycles. The molecular weight excluding hydrogens is 222 g/mol. The summed E-state index contributed by atoms with van der Waals surface area (Å²) in [5.74, 6) is 0.409. The zero-order chi connectivity index (χ0) is 12.8. The number of nitriles is 1. The summed E-state index contributed by atoms with van der Waals surface area (Å²) in [4.78, 5) is 0. The molecule has 1 rings (SSSR count). The van der Waals surface area contributed by atoms with Crippen molar-refractivity contribution in [2.24, 2.45) is 0 Å². The second-order valence-corrected chi connectivity index (χ2v) is 3.61. The molecule has 2 atom stereocenters. The van der Waals surface area contributed by atoms with E-state index in [0.29, 0.717) is 16.9 Å². The van der Waals surface area contributed by atoms with Gasteiger partial charge >= 0.3 is 0 Å². The molecule has 0 fully saturated rings. The van der Waals surface area contributed by atoms with Crippen molar-refractivity contribution in [1.29, 1.82) is 5.26 Å². The van der Waals surface area contributed by atoms with Crippen molar-refractivity contribution in [3.63, 3.8) is 0 Å². The molecule has 17 heavy (non-hydrogen) atoms. The fourth-order valence-electron chi connectivity index (χ4n) is 1.53. The van der Waals surface area contributed by atoms with Crippen molar-refractivity contribution in [2.45, 2.75) is 25.2 Å². The van der Waals surface area contributed by atoms with Crippen molar-refractivity contribution in [1.82, 2.24) is 0 Å². The van der Waals surface area contributed by atoms with Crippen molar-refractivity contribution in [3.05, 3.63) is 29.3 Å². The van der Waals surface area contributed by atoms with Crippen LogP contribution in [0.1, 0.15) is 23.7 Å². The van der Waals surface area contributed by atoms with Crippen LogP contribution in [0.2, 0.25) is 0 Å². The molecule has 0 spiro atoms. The molecular formula is C12H15NO4. The maximum atomic E-state index is 9.89. The molecule has 0 saturated carbocycles. The third kappa shape index (κ3) is 3.17. The summed E-state index contributed by atoms with van der Waals surface area (Å²) in [7, 11) is 1.45. The van der Waals surface area contributed by atoms with E-state index in [0.717, 1.165) is 0 Å². The SMILES string of the molecule is COc1ccc(CO)cc1C(O)C(O)CC#N. The van der Waals surface area contributed by atoms with Crippen LogP contribution in [0.25, 0.3) is 0 Å². The highest BCUT2D eigenvalue weighted by Gasteiger charge is 2.21. The van der Waals surface area contributed by atoms with Gasteiger partial charge in [-0.3, -0.25) is 0 Å². The Morgan fingerprint density at radius 2 is 2.12 bits per heavy atom. The minimum Gasteiger partial charge on any atom is -0.496 e. The molecule has 3 N–H and O–H groups in total. The number of hydrogen-bond acceptors (Lipinski definition) is 5. The van der Waals surface area contributed by atoms with Gasteiger partial charge < -0.3 is 20.1 Å². The molecule has 0 amide bonds. The van der Waals surface area contributed by atoms with Crippen molar-refractivity contribution in [3.8, 4) is 11.8 Å². The number of rotatable bonds is 5. The van der Waals surface area contributed by atoms with E-state index in [4.69, 9.17) is 15.1 Å². The van der Waals surface area contributed by atoms with Crippen molar-refractivity contribution in [2.75, 3.05) is 7.11 Å². The van der Waals surface area contributed by atoms with Crippen molar-refractivity contribution < 1.29 is 20.1 Å². The highest BCUT2D eigenvalue weighted by Crippen LogP contribution is 2.29. The van der Waals surface area contributed by atoms with E-state index in [1.54, 1.807) is 24.3 Å². The number of aliphatic hydroxyl groups is 3. The maximum absolute atomic E-state index is 9.89. The summed E-state index contributed by atoms with van der Waals surface area (Å²) in [6, 6.07) is 6.59. The molecule has 0 aliphatic rings. The van der Waals surface area contributed by atoms with Gasteiger partial charge in [-0.25, -0.2) is 0 Å². The molecule has 2 unspecified atom stereocenters. The van der Waals surface area contributed by atoms with E-state index < -0.39 is 12.2 Å². The summed E-state index contributed by atoms with van der Waals surface area (Å²) in [6.45, 7) is -0.169. The van der Waals surface area contributed by atoms with E-state index in [1.807, 2.05) is 0 Å². The monoisotopic (exact) mass is 237 g/mol. The average molecular weight is 237 g/mol. The maximum Gasteiger partial charge on any atom is 0.124 e. The first-order valence-electron chi connectivity index (χ1n) is 5.14. The topological polar surface area (TPSA) is 93.7 Å². The van der Waals surface area contributed by atoms with Crippen molar-refractivity contribution >= 4 is 0 Å². The van der Waals surface area contributed by atoms with Gasteiger partial charge in [-0.05, 0) is 17.7 Å². The Kier molecular flexibility index (Phi) is 4.91. The zero-order valence-corrected chi connectivity index (χ0v) is 9.50.